The van der Waals surface area contributed by atoms with Crippen LogP contribution < -0.4 is 5.32 Å². The molecule has 2 N–H and O–H groups in total. The van der Waals surface area contributed by atoms with E-state index in [1.54, 1.807) is 6.20 Å². The topological polar surface area (TPSA) is 66.5 Å². The van der Waals surface area contributed by atoms with Crippen molar-refractivity contribution in [3.63, 3.8) is 0 Å². The molecule has 18 heavy (non-hydrogen) atoms. The van der Waals surface area contributed by atoms with Gasteiger partial charge < -0.3 is 5.32 Å². The van der Waals surface area contributed by atoms with Crippen LogP contribution in [0.3, 0.4) is 0 Å². The van der Waals surface area contributed by atoms with Crippen LogP contribution in [-0.4, -0.2) is 20.4 Å². The van der Waals surface area contributed by atoms with Crippen LogP contribution in [0.25, 0.3) is 10.9 Å². The number of anilines is 1. The Kier molecular flexibility index (Phi) is 2.64. The molecule has 2 aromatic heterocycles. The van der Waals surface area contributed by atoms with E-state index >= 15 is 0 Å². The molecule has 0 unspecified atom stereocenters. The van der Waals surface area contributed by atoms with Gasteiger partial charge in [0.05, 0.1) is 23.6 Å². The number of aryl methyl sites for hydroxylation is 1. The zero-order valence-electron chi connectivity index (χ0n) is 10.0. The van der Waals surface area contributed by atoms with E-state index in [1.165, 1.54) is 0 Å². The van der Waals surface area contributed by atoms with Gasteiger partial charge in [0, 0.05) is 23.2 Å². The number of H-pyrrole nitrogens is 1. The molecule has 0 bridgehead atoms. The van der Waals surface area contributed by atoms with Crippen LogP contribution in [0.5, 0.6) is 0 Å². The molecule has 0 aliphatic carbocycles. The first-order valence-corrected chi connectivity index (χ1v) is 5.78. The second-order valence-corrected chi connectivity index (χ2v) is 4.15. The highest BCUT2D eigenvalue weighted by Gasteiger charge is 2.04. The first-order valence-electron chi connectivity index (χ1n) is 5.78. The fraction of sp³-hybridized carbons (Fsp3) is 0.154. The van der Waals surface area contributed by atoms with Gasteiger partial charge in [0.15, 0.2) is 0 Å². The third kappa shape index (κ3) is 1.90. The first-order chi connectivity index (χ1) is 8.84. The quantitative estimate of drug-likeness (QED) is 0.735. The predicted molar refractivity (Wildman–Crippen MR) is 70.2 cm³/mol. The third-order valence-electron chi connectivity index (χ3n) is 2.95. The van der Waals surface area contributed by atoms with E-state index in [4.69, 9.17) is 0 Å². The van der Waals surface area contributed by atoms with Gasteiger partial charge in [-0.1, -0.05) is 18.2 Å². The second-order valence-electron chi connectivity index (χ2n) is 4.15. The van der Waals surface area contributed by atoms with E-state index in [1.807, 2.05) is 37.4 Å². The van der Waals surface area contributed by atoms with Gasteiger partial charge in [-0.25, -0.2) is 0 Å². The summed E-state index contributed by atoms with van der Waals surface area (Å²) in [5.41, 5.74) is 4.11. The molecule has 2 heterocycles. The number of fused-ring (bicyclic) bond motifs is 1. The Hall–Kier alpha value is -2.43. The molecule has 0 saturated carbocycles. The monoisotopic (exact) mass is 239 g/mol. The van der Waals surface area contributed by atoms with Gasteiger partial charge in [0.1, 0.15) is 0 Å². The fourth-order valence-corrected chi connectivity index (χ4v) is 1.89. The summed E-state index contributed by atoms with van der Waals surface area (Å²) in [5.74, 6) is 0. The summed E-state index contributed by atoms with van der Waals surface area (Å²) in [6.07, 6.45) is 3.58. The minimum Gasteiger partial charge on any atom is -0.379 e. The van der Waals surface area contributed by atoms with E-state index in [0.29, 0.717) is 0 Å². The zero-order chi connectivity index (χ0) is 12.4. The van der Waals surface area contributed by atoms with E-state index in [-0.39, 0.29) is 0 Å². The Morgan fingerprint density at radius 3 is 2.94 bits per heavy atom. The highest BCUT2D eigenvalue weighted by atomic mass is 15.1. The molecule has 3 aromatic rings. The summed E-state index contributed by atoms with van der Waals surface area (Å²) in [5, 5.41) is 19.5. The van der Waals surface area contributed by atoms with Gasteiger partial charge in [0.25, 0.3) is 0 Å². The molecule has 0 spiro atoms. The minimum absolute atomic E-state index is 0.720. The molecule has 0 amide bonds. The Morgan fingerprint density at radius 2 is 2.11 bits per heavy atom. The number of benzene rings is 1. The molecule has 1 aromatic carbocycles. The van der Waals surface area contributed by atoms with Crippen molar-refractivity contribution in [1.29, 1.82) is 0 Å². The first kappa shape index (κ1) is 10.7. The summed E-state index contributed by atoms with van der Waals surface area (Å²) in [4.78, 5) is 0. The maximum absolute atomic E-state index is 4.10. The molecule has 0 aliphatic rings. The number of nitrogens with zero attached hydrogens (tertiary/aromatic N) is 3. The summed E-state index contributed by atoms with van der Waals surface area (Å²) < 4.78 is 0. The van der Waals surface area contributed by atoms with Crippen molar-refractivity contribution in [2.45, 2.75) is 13.5 Å². The van der Waals surface area contributed by atoms with Crippen molar-refractivity contribution in [2.75, 3.05) is 5.32 Å². The average molecular weight is 239 g/mol. The van der Waals surface area contributed by atoms with Gasteiger partial charge in [-0.05, 0) is 13.0 Å². The summed E-state index contributed by atoms with van der Waals surface area (Å²) in [6, 6.07) is 7.95. The smallest absolute Gasteiger partial charge is 0.0950 e. The highest BCUT2D eigenvalue weighted by molar-refractivity contribution is 5.90. The molecule has 5 nitrogen and oxygen atoms in total. The van der Waals surface area contributed by atoms with Crippen molar-refractivity contribution in [2.24, 2.45) is 0 Å². The normalized spacial score (nSPS) is 10.7. The molecule has 0 fully saturated rings. The predicted octanol–water partition coefficient (Wildman–Crippen LogP) is 2.27. The van der Waals surface area contributed by atoms with E-state index < -0.39 is 0 Å². The van der Waals surface area contributed by atoms with Crippen molar-refractivity contribution in [1.82, 2.24) is 20.4 Å². The largest absolute Gasteiger partial charge is 0.379 e. The molecule has 0 atom stereocenters. The maximum atomic E-state index is 4.10. The number of aromatic nitrogens is 4. The van der Waals surface area contributed by atoms with Gasteiger partial charge in [0.2, 0.25) is 0 Å². The number of nitrogens with one attached hydrogen (secondary N) is 2. The molecule has 3 rings (SSSR count). The Bertz CT molecular complexity index is 668. The lowest BCUT2D eigenvalue weighted by atomic mass is 10.2. The third-order valence-corrected chi connectivity index (χ3v) is 2.95. The average Bonchev–Trinajstić information content (AvgIpc) is 2.82. The standard InChI is InChI=1S/C13H13N5/c1-9-10(7-15-17-9)6-14-13-8-16-18-12-5-3-2-4-11(12)13/h2-5,7-8H,6H2,1H3,(H,14,18)(H,15,17). The van der Waals surface area contributed by atoms with Crippen LogP contribution in [0.2, 0.25) is 0 Å². The molecule has 0 radical (unpaired) electrons. The number of hydrogen-bond acceptors (Lipinski definition) is 4. The van der Waals surface area contributed by atoms with Crippen LogP contribution in [0, 0.1) is 6.92 Å². The van der Waals surface area contributed by atoms with Gasteiger partial charge in [-0.15, -0.1) is 0 Å². The zero-order valence-corrected chi connectivity index (χ0v) is 10.0. The lowest BCUT2D eigenvalue weighted by molar-refractivity contribution is 1.04. The Balaban J connectivity index is 1.89. The second kappa shape index (κ2) is 4.44. The molecular formula is C13H13N5. The summed E-state index contributed by atoms with van der Waals surface area (Å²) in [7, 11) is 0. The highest BCUT2D eigenvalue weighted by Crippen LogP contribution is 2.20. The summed E-state index contributed by atoms with van der Waals surface area (Å²) in [6.45, 7) is 2.73. The molecular weight excluding hydrogens is 226 g/mol. The van der Waals surface area contributed by atoms with Crippen molar-refractivity contribution < 1.29 is 0 Å². The van der Waals surface area contributed by atoms with Crippen LogP contribution in [-0.2, 0) is 6.54 Å². The molecule has 5 heteroatoms. The van der Waals surface area contributed by atoms with Gasteiger partial charge in [-0.2, -0.15) is 15.3 Å². The Labute approximate surface area is 104 Å². The lowest BCUT2D eigenvalue weighted by Crippen LogP contribution is -2.01. The van der Waals surface area contributed by atoms with Crippen LogP contribution in [0.1, 0.15) is 11.3 Å². The van der Waals surface area contributed by atoms with E-state index in [2.05, 4.69) is 25.7 Å². The van der Waals surface area contributed by atoms with Gasteiger partial charge >= 0.3 is 0 Å². The van der Waals surface area contributed by atoms with Crippen LogP contribution in [0.4, 0.5) is 5.69 Å². The van der Waals surface area contributed by atoms with Crippen LogP contribution in [0.15, 0.2) is 36.7 Å². The molecule has 0 aliphatic heterocycles. The molecule has 90 valence electrons. The number of hydrogen-bond donors (Lipinski definition) is 2. The SMILES string of the molecule is Cc1[nH]ncc1CNc1cnnc2ccccc12. The molecule has 0 saturated heterocycles. The Morgan fingerprint density at radius 1 is 1.22 bits per heavy atom. The van der Waals surface area contributed by atoms with Crippen LogP contribution >= 0.6 is 0 Å². The summed E-state index contributed by atoms with van der Waals surface area (Å²) >= 11 is 0. The van der Waals surface area contributed by atoms with Crippen molar-refractivity contribution in [3.05, 3.63) is 47.9 Å². The number of rotatable bonds is 3. The van der Waals surface area contributed by atoms with Crippen molar-refractivity contribution in [3.8, 4) is 0 Å². The van der Waals surface area contributed by atoms with Crippen molar-refractivity contribution >= 4 is 16.6 Å². The fourth-order valence-electron chi connectivity index (χ4n) is 1.89. The maximum Gasteiger partial charge on any atom is 0.0950 e. The van der Waals surface area contributed by atoms with E-state index in [0.717, 1.165) is 34.4 Å². The minimum atomic E-state index is 0.720. The lowest BCUT2D eigenvalue weighted by Gasteiger charge is -2.07. The number of aromatic amines is 1. The van der Waals surface area contributed by atoms with Gasteiger partial charge in [-0.3, -0.25) is 5.10 Å². The van der Waals surface area contributed by atoms with E-state index in [9.17, 15) is 0 Å².